The highest BCUT2D eigenvalue weighted by Gasteiger charge is 2.65. The topological polar surface area (TPSA) is 0 Å². The second-order valence-corrected chi connectivity index (χ2v) is 11.5. The Morgan fingerprint density at radius 3 is 2.00 bits per heavy atom. The van der Waals surface area contributed by atoms with E-state index in [4.69, 9.17) is 0 Å². The second-order valence-electron chi connectivity index (χ2n) is 11.5. The lowest BCUT2D eigenvalue weighted by Gasteiger charge is -2.70. The third-order valence-electron chi connectivity index (χ3n) is 11.0. The standard InChI is InChI=1S/C24H42.C2H6/c1-16-11-14-22(4)20(18(16)3)12-15-24(6)21(22)10-9-19-17(2)8-7-13-23(19,24)5;1-2/h16-21H,7-15H2,1-6H3;1-2H3/t16?,17?,18?,19?,20?,21?,22?,23-,24?;/m1./s1. The molecule has 4 fully saturated rings. The molecule has 0 aromatic heterocycles. The average Bonchev–Trinajstić information content (AvgIpc) is 2.61. The lowest BCUT2D eigenvalue weighted by molar-refractivity contribution is -0.215. The average molecular weight is 361 g/mol. The fourth-order valence-electron chi connectivity index (χ4n) is 9.16. The Balaban J connectivity index is 0.000000948. The number of fused-ring (bicyclic) bond motifs is 5. The second kappa shape index (κ2) is 7.11. The molecule has 8 unspecified atom stereocenters. The van der Waals surface area contributed by atoms with E-state index in [0.717, 1.165) is 35.5 Å². The van der Waals surface area contributed by atoms with E-state index in [1.165, 1.54) is 57.8 Å². The summed E-state index contributed by atoms with van der Waals surface area (Å²) < 4.78 is 0. The summed E-state index contributed by atoms with van der Waals surface area (Å²) in [5.41, 5.74) is 1.86. The molecule has 4 aliphatic carbocycles. The van der Waals surface area contributed by atoms with Crippen molar-refractivity contribution in [2.45, 2.75) is 113 Å². The zero-order valence-corrected chi connectivity index (χ0v) is 19.3. The molecule has 4 aliphatic rings. The minimum Gasteiger partial charge on any atom is -0.0683 e. The van der Waals surface area contributed by atoms with Gasteiger partial charge in [-0.1, -0.05) is 68.2 Å². The van der Waals surface area contributed by atoms with E-state index in [1.807, 2.05) is 13.8 Å². The van der Waals surface area contributed by atoms with Crippen LogP contribution in [-0.4, -0.2) is 0 Å². The highest BCUT2D eigenvalue weighted by molar-refractivity contribution is 5.14. The highest BCUT2D eigenvalue weighted by atomic mass is 14.7. The Labute approximate surface area is 165 Å². The monoisotopic (exact) mass is 360 g/mol. The van der Waals surface area contributed by atoms with Crippen LogP contribution in [0.2, 0.25) is 0 Å². The first-order valence-corrected chi connectivity index (χ1v) is 12.2. The van der Waals surface area contributed by atoms with Crippen LogP contribution >= 0.6 is 0 Å². The van der Waals surface area contributed by atoms with Gasteiger partial charge < -0.3 is 0 Å². The normalized spacial score (nSPS) is 56.3. The van der Waals surface area contributed by atoms with Crippen molar-refractivity contribution >= 4 is 0 Å². The quantitative estimate of drug-likeness (QED) is 0.407. The Bertz CT molecular complexity index is 494. The summed E-state index contributed by atoms with van der Waals surface area (Å²) in [5, 5.41) is 0. The Kier molecular flexibility index (Phi) is 5.67. The van der Waals surface area contributed by atoms with Crippen molar-refractivity contribution in [2.75, 3.05) is 0 Å². The zero-order valence-electron chi connectivity index (χ0n) is 19.3. The van der Waals surface area contributed by atoms with Crippen molar-refractivity contribution in [3.05, 3.63) is 0 Å². The van der Waals surface area contributed by atoms with Crippen LogP contribution in [0.25, 0.3) is 0 Å². The first-order chi connectivity index (χ1) is 12.2. The molecule has 0 N–H and O–H groups in total. The van der Waals surface area contributed by atoms with Crippen molar-refractivity contribution in [2.24, 2.45) is 51.8 Å². The predicted molar refractivity (Wildman–Crippen MR) is 115 cm³/mol. The molecule has 26 heavy (non-hydrogen) atoms. The molecule has 0 heterocycles. The third-order valence-corrected chi connectivity index (χ3v) is 11.0. The molecular formula is C26H48. The van der Waals surface area contributed by atoms with Crippen LogP contribution in [0.15, 0.2) is 0 Å². The SMILES string of the molecule is CC.CC1CCC2(C)C(CCC3(C)C2CCC2C(C)CCC[C@]23C)C1C. The van der Waals surface area contributed by atoms with Gasteiger partial charge in [-0.3, -0.25) is 0 Å². The molecule has 0 aromatic carbocycles. The van der Waals surface area contributed by atoms with E-state index in [9.17, 15) is 0 Å². The molecule has 0 heteroatoms. The first kappa shape index (κ1) is 20.7. The Hall–Kier alpha value is 0. The smallest absolute Gasteiger partial charge is 0.0235 e. The van der Waals surface area contributed by atoms with Gasteiger partial charge in [0.2, 0.25) is 0 Å². The summed E-state index contributed by atoms with van der Waals surface area (Å²) in [6, 6.07) is 0. The highest BCUT2D eigenvalue weighted by Crippen LogP contribution is 2.73. The summed E-state index contributed by atoms with van der Waals surface area (Å²) in [6.07, 6.45) is 13.6. The van der Waals surface area contributed by atoms with Crippen LogP contribution in [0.5, 0.6) is 0 Å². The molecular weight excluding hydrogens is 312 g/mol. The van der Waals surface area contributed by atoms with Gasteiger partial charge in [0, 0.05) is 0 Å². The van der Waals surface area contributed by atoms with Gasteiger partial charge in [-0.05, 0) is 96.7 Å². The van der Waals surface area contributed by atoms with E-state index in [-0.39, 0.29) is 0 Å². The maximum atomic E-state index is 2.76. The number of hydrogen-bond donors (Lipinski definition) is 0. The third kappa shape index (κ3) is 2.67. The summed E-state index contributed by atoms with van der Waals surface area (Å²) in [5.74, 6) is 5.87. The van der Waals surface area contributed by atoms with Crippen LogP contribution < -0.4 is 0 Å². The largest absolute Gasteiger partial charge is 0.0683 e. The van der Waals surface area contributed by atoms with Crippen molar-refractivity contribution in [3.63, 3.8) is 0 Å². The minimum absolute atomic E-state index is 0.607. The lowest BCUT2D eigenvalue weighted by Crippen LogP contribution is -2.63. The summed E-state index contributed by atoms with van der Waals surface area (Å²) in [4.78, 5) is 0. The molecule has 0 saturated heterocycles. The lowest BCUT2D eigenvalue weighted by atomic mass is 9.34. The molecule has 0 nitrogen and oxygen atoms in total. The van der Waals surface area contributed by atoms with Gasteiger partial charge in [-0.2, -0.15) is 0 Å². The van der Waals surface area contributed by atoms with Crippen molar-refractivity contribution in [1.82, 2.24) is 0 Å². The van der Waals surface area contributed by atoms with Gasteiger partial charge in [0.15, 0.2) is 0 Å². The Morgan fingerprint density at radius 2 is 1.31 bits per heavy atom. The van der Waals surface area contributed by atoms with Crippen LogP contribution in [0.1, 0.15) is 113 Å². The maximum Gasteiger partial charge on any atom is -0.0235 e. The van der Waals surface area contributed by atoms with Crippen molar-refractivity contribution in [1.29, 1.82) is 0 Å². The van der Waals surface area contributed by atoms with E-state index in [2.05, 4.69) is 41.5 Å². The summed E-state index contributed by atoms with van der Waals surface area (Å²) in [7, 11) is 0. The molecule has 0 amide bonds. The van der Waals surface area contributed by atoms with Crippen LogP contribution in [0, 0.1) is 51.8 Å². The minimum atomic E-state index is 0.607. The van der Waals surface area contributed by atoms with E-state index in [0.29, 0.717) is 16.2 Å². The van der Waals surface area contributed by atoms with Crippen LogP contribution in [0.4, 0.5) is 0 Å². The van der Waals surface area contributed by atoms with E-state index >= 15 is 0 Å². The summed E-state index contributed by atoms with van der Waals surface area (Å²) >= 11 is 0. The molecule has 4 rings (SSSR count). The van der Waals surface area contributed by atoms with Crippen LogP contribution in [-0.2, 0) is 0 Å². The summed E-state index contributed by atoms with van der Waals surface area (Å²) in [6.45, 7) is 19.9. The van der Waals surface area contributed by atoms with Gasteiger partial charge >= 0.3 is 0 Å². The maximum absolute atomic E-state index is 2.76. The zero-order chi connectivity index (χ0) is 19.3. The van der Waals surface area contributed by atoms with Gasteiger partial charge in [0.25, 0.3) is 0 Å². The number of hydrogen-bond acceptors (Lipinski definition) is 0. The molecule has 0 spiro atoms. The van der Waals surface area contributed by atoms with Crippen molar-refractivity contribution < 1.29 is 0 Å². The number of rotatable bonds is 0. The predicted octanol–water partition coefficient (Wildman–Crippen LogP) is 8.35. The van der Waals surface area contributed by atoms with Gasteiger partial charge in [-0.25, -0.2) is 0 Å². The fourth-order valence-corrected chi connectivity index (χ4v) is 9.16. The molecule has 0 aliphatic heterocycles. The van der Waals surface area contributed by atoms with Crippen molar-refractivity contribution in [3.8, 4) is 0 Å². The van der Waals surface area contributed by atoms with Crippen LogP contribution in [0.3, 0.4) is 0 Å². The molecule has 0 radical (unpaired) electrons. The molecule has 0 bridgehead atoms. The van der Waals surface area contributed by atoms with E-state index < -0.39 is 0 Å². The van der Waals surface area contributed by atoms with Gasteiger partial charge in [0.05, 0.1) is 0 Å². The van der Waals surface area contributed by atoms with E-state index in [1.54, 1.807) is 0 Å². The molecule has 9 atom stereocenters. The molecule has 0 aromatic rings. The van der Waals surface area contributed by atoms with Gasteiger partial charge in [-0.15, -0.1) is 0 Å². The molecule has 152 valence electrons. The molecule has 4 saturated carbocycles. The Morgan fingerprint density at radius 1 is 0.615 bits per heavy atom. The fraction of sp³-hybridized carbons (Fsp3) is 1.00. The first-order valence-electron chi connectivity index (χ1n) is 12.2. The van der Waals surface area contributed by atoms with Gasteiger partial charge in [0.1, 0.15) is 0 Å².